The van der Waals surface area contributed by atoms with Gasteiger partial charge in [0.2, 0.25) is 5.91 Å². The number of carbonyl (C=O) groups excluding carboxylic acids is 2. The summed E-state index contributed by atoms with van der Waals surface area (Å²) in [6, 6.07) is 2.63. The van der Waals surface area contributed by atoms with Crippen molar-refractivity contribution in [1.82, 2.24) is 20.4 Å². The van der Waals surface area contributed by atoms with Crippen LogP contribution in [0.5, 0.6) is 0 Å². The summed E-state index contributed by atoms with van der Waals surface area (Å²) in [6.45, 7) is 0. The van der Waals surface area contributed by atoms with Gasteiger partial charge in [-0.3, -0.25) is 9.59 Å². The molecule has 4 N–H and O–H groups in total. The Morgan fingerprint density at radius 2 is 2.00 bits per heavy atom. The van der Waals surface area contributed by atoms with Crippen LogP contribution in [0.15, 0.2) is 12.1 Å². The molecule has 2 amide bonds. The van der Waals surface area contributed by atoms with Crippen molar-refractivity contribution in [2.75, 3.05) is 19.4 Å². The number of hydrogen-bond donors (Lipinski definition) is 3. The SMILES string of the molecule is CN(C)C(=O)[C@H]1CC[C@H](NC(=S)C(=O)Nc2ccc(Cl)nn2)[C@H](N)C1.Cl. The summed E-state index contributed by atoms with van der Waals surface area (Å²) >= 11 is 10.8. The first kappa shape index (κ1) is 22.5. The second kappa shape index (κ2) is 9.96. The molecule has 1 saturated carbocycles. The van der Waals surface area contributed by atoms with Crippen molar-refractivity contribution in [2.24, 2.45) is 11.7 Å². The summed E-state index contributed by atoms with van der Waals surface area (Å²) in [7, 11) is 3.47. The van der Waals surface area contributed by atoms with Gasteiger partial charge < -0.3 is 21.3 Å². The van der Waals surface area contributed by atoms with E-state index < -0.39 is 5.91 Å². The maximum atomic E-state index is 12.1. The number of aromatic nitrogens is 2. The summed E-state index contributed by atoms with van der Waals surface area (Å²) in [5.74, 6) is -0.251. The molecule has 1 heterocycles. The maximum Gasteiger partial charge on any atom is 0.284 e. The van der Waals surface area contributed by atoms with E-state index in [1.54, 1.807) is 19.0 Å². The van der Waals surface area contributed by atoms with Crippen LogP contribution in [0.1, 0.15) is 19.3 Å². The molecule has 0 bridgehead atoms. The van der Waals surface area contributed by atoms with Crippen molar-refractivity contribution >= 4 is 58.8 Å². The molecule has 1 aliphatic carbocycles. The predicted molar refractivity (Wildman–Crippen MR) is 106 cm³/mol. The predicted octanol–water partition coefficient (Wildman–Crippen LogP) is 0.992. The summed E-state index contributed by atoms with van der Waals surface area (Å²) in [5.41, 5.74) is 6.16. The molecule has 1 fully saturated rings. The van der Waals surface area contributed by atoms with Gasteiger partial charge in [-0.1, -0.05) is 23.8 Å². The largest absolute Gasteiger partial charge is 0.367 e. The van der Waals surface area contributed by atoms with E-state index in [4.69, 9.17) is 29.6 Å². The van der Waals surface area contributed by atoms with Gasteiger partial charge in [-0.2, -0.15) is 0 Å². The number of carbonyl (C=O) groups is 2. The van der Waals surface area contributed by atoms with Gasteiger partial charge in [0.25, 0.3) is 5.91 Å². The van der Waals surface area contributed by atoms with E-state index in [1.165, 1.54) is 12.1 Å². The quantitative estimate of drug-likeness (QED) is 0.624. The molecule has 11 heteroatoms. The zero-order valence-electron chi connectivity index (χ0n) is 14.4. The molecule has 0 saturated heterocycles. The summed E-state index contributed by atoms with van der Waals surface area (Å²) < 4.78 is 0. The van der Waals surface area contributed by atoms with E-state index in [0.29, 0.717) is 19.3 Å². The Bertz CT molecular complexity index is 658. The summed E-state index contributed by atoms with van der Waals surface area (Å²) in [5, 5.41) is 13.1. The van der Waals surface area contributed by atoms with Gasteiger partial charge in [0.15, 0.2) is 16.0 Å². The third-order valence-electron chi connectivity index (χ3n) is 4.09. The molecule has 3 atom stereocenters. The van der Waals surface area contributed by atoms with Gasteiger partial charge >= 0.3 is 0 Å². The first-order valence-corrected chi connectivity index (χ1v) is 8.64. The van der Waals surface area contributed by atoms with E-state index in [2.05, 4.69) is 20.8 Å². The molecule has 1 aromatic heterocycles. The number of nitrogens with two attached hydrogens (primary N) is 1. The molecule has 1 aromatic rings. The van der Waals surface area contributed by atoms with Crippen LogP contribution in [-0.2, 0) is 9.59 Å². The Hall–Kier alpha value is -1.55. The number of nitrogens with zero attached hydrogens (tertiary/aromatic N) is 3. The normalized spacial score (nSPS) is 21.9. The Balaban J connectivity index is 0.00000338. The lowest BCUT2D eigenvalue weighted by molar-refractivity contribution is -0.134. The van der Waals surface area contributed by atoms with Crippen LogP contribution >= 0.6 is 36.2 Å². The molecule has 144 valence electrons. The fraction of sp³-hybridized carbons (Fsp3) is 0.533. The van der Waals surface area contributed by atoms with Gasteiger partial charge in [0.1, 0.15) is 0 Å². The molecule has 2 rings (SSSR count). The molecular formula is C15H22Cl2N6O2S. The topological polar surface area (TPSA) is 113 Å². The van der Waals surface area contributed by atoms with Gasteiger partial charge in [-0.25, -0.2) is 0 Å². The van der Waals surface area contributed by atoms with E-state index in [-0.39, 0.29) is 52.3 Å². The van der Waals surface area contributed by atoms with Crippen LogP contribution in [0, 0.1) is 5.92 Å². The van der Waals surface area contributed by atoms with E-state index in [0.717, 1.165) is 0 Å². The molecular weight excluding hydrogens is 399 g/mol. The van der Waals surface area contributed by atoms with Crippen LogP contribution < -0.4 is 16.4 Å². The Kier molecular flexibility index (Phi) is 8.61. The van der Waals surface area contributed by atoms with Crippen LogP contribution in [0.25, 0.3) is 0 Å². The van der Waals surface area contributed by atoms with Crippen molar-refractivity contribution in [3.8, 4) is 0 Å². The van der Waals surface area contributed by atoms with Crippen molar-refractivity contribution < 1.29 is 9.59 Å². The second-order valence-electron chi connectivity index (χ2n) is 6.18. The van der Waals surface area contributed by atoms with Crippen molar-refractivity contribution in [2.45, 2.75) is 31.3 Å². The van der Waals surface area contributed by atoms with Crippen LogP contribution in [0.3, 0.4) is 0 Å². The summed E-state index contributed by atoms with van der Waals surface area (Å²) in [4.78, 5) is 25.8. The van der Waals surface area contributed by atoms with Gasteiger partial charge in [0, 0.05) is 32.1 Å². The minimum absolute atomic E-state index is 0. The third kappa shape index (κ3) is 6.01. The average Bonchev–Trinajstić information content (AvgIpc) is 2.57. The molecule has 1 aliphatic rings. The number of hydrogen-bond acceptors (Lipinski definition) is 6. The van der Waals surface area contributed by atoms with Gasteiger partial charge in [-0.05, 0) is 31.4 Å². The maximum absolute atomic E-state index is 12.1. The number of thiocarbonyl (C=S) groups is 1. The Morgan fingerprint density at radius 1 is 1.31 bits per heavy atom. The lowest BCUT2D eigenvalue weighted by Gasteiger charge is -2.35. The molecule has 8 nitrogen and oxygen atoms in total. The number of anilines is 1. The highest BCUT2D eigenvalue weighted by molar-refractivity contribution is 7.82. The standard InChI is InChI=1S/C15H21ClN6O2S.ClH/c1-22(2)15(24)8-3-4-10(9(17)7-8)18-14(25)13(23)19-12-6-5-11(16)20-21-12;/h5-6,8-10H,3-4,7,17H2,1-2H3,(H,18,25)(H,19,21,23);1H/t8-,9+,10-;/m0./s1. The fourth-order valence-corrected chi connectivity index (χ4v) is 3.07. The molecule has 0 unspecified atom stereocenters. The Labute approximate surface area is 168 Å². The Morgan fingerprint density at radius 3 is 2.54 bits per heavy atom. The zero-order valence-corrected chi connectivity index (χ0v) is 16.8. The highest BCUT2D eigenvalue weighted by Crippen LogP contribution is 2.25. The van der Waals surface area contributed by atoms with Crippen LogP contribution in [0.4, 0.5) is 5.82 Å². The van der Waals surface area contributed by atoms with Crippen LogP contribution in [-0.4, -0.2) is 58.1 Å². The molecule has 26 heavy (non-hydrogen) atoms. The van der Waals surface area contributed by atoms with Crippen LogP contribution in [0.2, 0.25) is 5.15 Å². The molecule has 0 aromatic carbocycles. The van der Waals surface area contributed by atoms with E-state index >= 15 is 0 Å². The van der Waals surface area contributed by atoms with E-state index in [9.17, 15) is 9.59 Å². The zero-order chi connectivity index (χ0) is 18.6. The molecule has 0 aliphatic heterocycles. The number of rotatable bonds is 3. The average molecular weight is 421 g/mol. The first-order valence-electron chi connectivity index (χ1n) is 7.85. The minimum Gasteiger partial charge on any atom is -0.367 e. The third-order valence-corrected chi connectivity index (χ3v) is 4.59. The minimum atomic E-state index is -0.495. The van der Waals surface area contributed by atoms with Crippen molar-refractivity contribution in [1.29, 1.82) is 0 Å². The van der Waals surface area contributed by atoms with Crippen molar-refractivity contribution in [3.05, 3.63) is 17.3 Å². The lowest BCUT2D eigenvalue weighted by Crippen LogP contribution is -2.54. The van der Waals surface area contributed by atoms with Gasteiger partial charge in [0.05, 0.1) is 0 Å². The highest BCUT2D eigenvalue weighted by atomic mass is 35.5. The molecule has 0 spiro atoms. The van der Waals surface area contributed by atoms with E-state index in [1.807, 2.05) is 0 Å². The molecule has 0 radical (unpaired) electrons. The monoisotopic (exact) mass is 420 g/mol. The number of nitrogens with one attached hydrogen (secondary N) is 2. The number of amides is 2. The summed E-state index contributed by atoms with van der Waals surface area (Å²) in [6.07, 6.45) is 1.93. The highest BCUT2D eigenvalue weighted by Gasteiger charge is 2.33. The fourth-order valence-electron chi connectivity index (χ4n) is 2.76. The number of halogens is 2. The smallest absolute Gasteiger partial charge is 0.284 e. The first-order chi connectivity index (χ1) is 11.8. The second-order valence-corrected chi connectivity index (χ2v) is 6.98. The lowest BCUT2D eigenvalue weighted by atomic mass is 9.82. The van der Waals surface area contributed by atoms with Gasteiger partial charge in [-0.15, -0.1) is 22.6 Å². The van der Waals surface area contributed by atoms with Crippen molar-refractivity contribution in [3.63, 3.8) is 0 Å².